The third-order valence-electron chi connectivity index (χ3n) is 6.51. The molecule has 2 amide bonds. The predicted octanol–water partition coefficient (Wildman–Crippen LogP) is 5.25. The van der Waals surface area contributed by atoms with Crippen molar-refractivity contribution in [1.29, 1.82) is 0 Å². The molecule has 9 heteroatoms. The van der Waals surface area contributed by atoms with Gasteiger partial charge in [-0.1, -0.05) is 11.6 Å². The lowest BCUT2D eigenvalue weighted by Gasteiger charge is -2.21. The normalized spacial score (nSPS) is 17.9. The van der Waals surface area contributed by atoms with Crippen molar-refractivity contribution in [3.05, 3.63) is 52.0 Å². The van der Waals surface area contributed by atoms with Gasteiger partial charge in [0.1, 0.15) is 5.76 Å². The van der Waals surface area contributed by atoms with Crippen LogP contribution in [-0.4, -0.2) is 51.3 Å². The van der Waals surface area contributed by atoms with Crippen LogP contribution in [0.1, 0.15) is 63.1 Å². The molecule has 196 valence electrons. The minimum Gasteiger partial charge on any atom is -0.414 e. The number of amides is 2. The van der Waals surface area contributed by atoms with Gasteiger partial charge in [-0.2, -0.15) is 0 Å². The van der Waals surface area contributed by atoms with Gasteiger partial charge in [-0.15, -0.1) is 0 Å². The highest BCUT2D eigenvalue weighted by Gasteiger charge is 2.39. The minimum atomic E-state index is -0.600. The number of hydrogen-bond donors (Lipinski definition) is 1. The molecular weight excluding hydrogens is 492 g/mol. The van der Waals surface area contributed by atoms with Crippen LogP contribution in [0.4, 0.5) is 4.79 Å². The third-order valence-corrected chi connectivity index (χ3v) is 6.71. The number of nitrogens with one attached hydrogen (secondary N) is 1. The first-order valence-corrected chi connectivity index (χ1v) is 13.0. The van der Waals surface area contributed by atoms with Gasteiger partial charge in [0.15, 0.2) is 11.6 Å². The second kappa shape index (κ2) is 10.6. The number of rotatable bonds is 5. The number of benzene rings is 1. The molecule has 2 heterocycles. The van der Waals surface area contributed by atoms with Gasteiger partial charge in [0.25, 0.3) is 0 Å². The molecule has 2 aromatic rings. The lowest BCUT2D eigenvalue weighted by molar-refractivity contribution is -0.127. The first-order valence-electron chi connectivity index (χ1n) is 12.6. The minimum absolute atomic E-state index is 0.0269. The van der Waals surface area contributed by atoms with E-state index in [2.05, 4.69) is 15.3 Å². The average molecular weight is 525 g/mol. The molecule has 0 spiro atoms. The first-order chi connectivity index (χ1) is 17.4. The Morgan fingerprint density at radius 1 is 1.11 bits per heavy atom. The molecule has 1 fully saturated rings. The van der Waals surface area contributed by atoms with E-state index in [1.807, 2.05) is 46.8 Å². The van der Waals surface area contributed by atoms with E-state index >= 15 is 0 Å². The van der Waals surface area contributed by atoms with E-state index in [1.54, 1.807) is 4.90 Å². The van der Waals surface area contributed by atoms with E-state index in [9.17, 15) is 14.4 Å². The molecule has 0 radical (unpaired) electrons. The highest BCUT2D eigenvalue weighted by Crippen LogP contribution is 2.41. The van der Waals surface area contributed by atoms with Crippen molar-refractivity contribution in [2.75, 3.05) is 13.1 Å². The Bertz CT molecular complexity index is 1230. The summed E-state index contributed by atoms with van der Waals surface area (Å²) in [5.41, 5.74) is 3.12. The van der Waals surface area contributed by atoms with Crippen LogP contribution in [-0.2, 0) is 14.3 Å². The molecule has 8 nitrogen and oxygen atoms in total. The fourth-order valence-electron chi connectivity index (χ4n) is 4.99. The first kappa shape index (κ1) is 26.8. The number of nitrogens with zero attached hydrogens (tertiary/aromatic N) is 3. The van der Waals surface area contributed by atoms with E-state index in [1.165, 1.54) is 12.4 Å². The van der Waals surface area contributed by atoms with Gasteiger partial charge in [-0.05, 0) is 76.3 Å². The molecule has 0 bridgehead atoms. The highest BCUT2D eigenvalue weighted by atomic mass is 35.5. The smallest absolute Gasteiger partial charge is 0.414 e. The lowest BCUT2D eigenvalue weighted by atomic mass is 9.89. The fourth-order valence-corrected chi connectivity index (χ4v) is 5.09. The van der Waals surface area contributed by atoms with Gasteiger partial charge in [-0.3, -0.25) is 9.59 Å². The van der Waals surface area contributed by atoms with E-state index in [4.69, 9.17) is 16.3 Å². The molecule has 4 rings (SSSR count). The summed E-state index contributed by atoms with van der Waals surface area (Å²) in [6.45, 7) is 10.8. The number of carbonyl (C=O) groups excluding carboxylic acids is 3. The summed E-state index contributed by atoms with van der Waals surface area (Å²) in [7, 11) is 0. The van der Waals surface area contributed by atoms with Gasteiger partial charge in [0, 0.05) is 55.3 Å². The third kappa shape index (κ3) is 6.18. The second-order valence-electron chi connectivity index (χ2n) is 10.8. The fraction of sp³-hybridized carbons (Fsp3) is 0.464. The number of ether oxygens (including phenoxy) is 1. The van der Waals surface area contributed by atoms with Crippen LogP contribution in [0, 0.1) is 19.8 Å². The average Bonchev–Trinajstić information content (AvgIpc) is 3.43. The number of ketones is 1. The van der Waals surface area contributed by atoms with Crippen LogP contribution in [0.3, 0.4) is 0 Å². The predicted molar refractivity (Wildman–Crippen MR) is 142 cm³/mol. The van der Waals surface area contributed by atoms with Crippen molar-refractivity contribution in [3.63, 3.8) is 0 Å². The maximum atomic E-state index is 13.7. The van der Waals surface area contributed by atoms with E-state index < -0.39 is 17.6 Å². The number of aromatic nitrogens is 2. The van der Waals surface area contributed by atoms with Crippen molar-refractivity contribution < 1.29 is 19.1 Å². The summed E-state index contributed by atoms with van der Waals surface area (Å²) in [5, 5.41) is 3.37. The maximum Gasteiger partial charge on any atom is 0.414 e. The quantitative estimate of drug-likeness (QED) is 0.573. The summed E-state index contributed by atoms with van der Waals surface area (Å²) >= 11 is 5.94. The Morgan fingerprint density at radius 3 is 2.27 bits per heavy atom. The van der Waals surface area contributed by atoms with Crippen LogP contribution in [0.15, 0.2) is 30.3 Å². The van der Waals surface area contributed by atoms with E-state index in [0.717, 1.165) is 29.5 Å². The van der Waals surface area contributed by atoms with E-state index in [-0.39, 0.29) is 24.5 Å². The number of hydrogen-bond acceptors (Lipinski definition) is 6. The van der Waals surface area contributed by atoms with Gasteiger partial charge in [-0.25, -0.2) is 14.8 Å². The van der Waals surface area contributed by atoms with Crippen molar-refractivity contribution in [1.82, 2.24) is 20.2 Å². The Kier molecular flexibility index (Phi) is 7.69. The van der Waals surface area contributed by atoms with E-state index in [0.29, 0.717) is 40.8 Å². The molecule has 1 saturated heterocycles. The molecule has 1 aromatic heterocycles. The van der Waals surface area contributed by atoms with Gasteiger partial charge in [0.05, 0.1) is 10.6 Å². The topological polar surface area (TPSA) is 101 Å². The summed E-state index contributed by atoms with van der Waals surface area (Å²) in [5.74, 6) is -0.142. The molecule has 1 unspecified atom stereocenters. The molecule has 2 aliphatic rings. The number of halogens is 1. The van der Waals surface area contributed by atoms with Crippen LogP contribution < -0.4 is 5.32 Å². The van der Waals surface area contributed by atoms with Crippen molar-refractivity contribution >= 4 is 35.0 Å². The molecule has 1 atom stereocenters. The van der Waals surface area contributed by atoms with Crippen LogP contribution in [0.25, 0.3) is 17.0 Å². The SMILES string of the molecule is Cc1cc(-c2ncc(Cl)cn2)cc(C)c1C1=C(OC(=O)N2CCCC2)CC(CC(=O)NC(C)(C)C)C1=O. The summed E-state index contributed by atoms with van der Waals surface area (Å²) in [6, 6.07) is 3.82. The molecule has 37 heavy (non-hydrogen) atoms. The maximum absolute atomic E-state index is 13.7. The van der Waals surface area contributed by atoms with Gasteiger partial charge >= 0.3 is 6.09 Å². The second-order valence-corrected chi connectivity index (χ2v) is 11.3. The van der Waals surface area contributed by atoms with Crippen LogP contribution >= 0.6 is 11.6 Å². The van der Waals surface area contributed by atoms with Crippen molar-refractivity contribution in [2.24, 2.45) is 5.92 Å². The van der Waals surface area contributed by atoms with Crippen molar-refractivity contribution in [2.45, 2.75) is 65.8 Å². The number of allylic oxidation sites excluding steroid dienone is 2. The zero-order valence-electron chi connectivity index (χ0n) is 22.0. The molecule has 1 aromatic carbocycles. The zero-order valence-corrected chi connectivity index (χ0v) is 22.7. The molecule has 1 aliphatic carbocycles. The highest BCUT2D eigenvalue weighted by molar-refractivity contribution is 6.30. The molecular formula is C28H33ClN4O4. The largest absolute Gasteiger partial charge is 0.414 e. The molecule has 0 saturated carbocycles. The van der Waals surface area contributed by atoms with Gasteiger partial charge < -0.3 is 15.0 Å². The number of Topliss-reactive ketones (excluding diaryl/α,β-unsaturated/α-hetero) is 1. The summed E-state index contributed by atoms with van der Waals surface area (Å²) in [6.07, 6.45) is 4.72. The Balaban J connectivity index is 1.69. The standard InChI is InChI=1S/C28H33ClN4O4/c1-16-10-19(26-30-14-20(29)15-31-26)11-17(2)23(16)24-21(37-27(36)33-8-6-7-9-33)12-18(25(24)35)13-22(34)32-28(3,4)5/h10-11,14-15,18H,6-9,12-13H2,1-5H3,(H,32,34). The molecule has 1 N–H and O–H groups in total. The van der Waals surface area contributed by atoms with Crippen LogP contribution in [0.2, 0.25) is 5.02 Å². The number of likely N-dealkylation sites (tertiary alicyclic amines) is 1. The van der Waals surface area contributed by atoms with Gasteiger partial charge in [0.2, 0.25) is 5.91 Å². The Labute approximate surface area is 222 Å². The monoisotopic (exact) mass is 524 g/mol. The number of carbonyl (C=O) groups is 3. The summed E-state index contributed by atoms with van der Waals surface area (Å²) in [4.78, 5) is 49.6. The van der Waals surface area contributed by atoms with Crippen LogP contribution in [0.5, 0.6) is 0 Å². The van der Waals surface area contributed by atoms with Crippen molar-refractivity contribution in [3.8, 4) is 11.4 Å². The summed E-state index contributed by atoms with van der Waals surface area (Å²) < 4.78 is 5.86. The lowest BCUT2D eigenvalue weighted by Crippen LogP contribution is -2.41. The molecule has 1 aliphatic heterocycles. The zero-order chi connectivity index (χ0) is 26.9. The Hall–Kier alpha value is -3.26. The Morgan fingerprint density at radius 2 is 1.70 bits per heavy atom. The number of aryl methyl sites for hydroxylation is 2.